The van der Waals surface area contributed by atoms with Crippen LogP contribution in [0.25, 0.3) is 0 Å². The molecule has 1 atom stereocenters. The quantitative estimate of drug-likeness (QED) is 0.694. The third kappa shape index (κ3) is 5.94. The molecule has 1 aliphatic carbocycles. The normalized spacial score (nSPS) is 19.5. The van der Waals surface area contributed by atoms with Crippen molar-refractivity contribution in [1.29, 1.82) is 0 Å². The molecule has 5 nitrogen and oxygen atoms in total. The molecule has 3 N–H and O–H groups in total. The molecule has 0 aromatic heterocycles. The third-order valence-corrected chi connectivity index (χ3v) is 3.96. The van der Waals surface area contributed by atoms with E-state index >= 15 is 0 Å². The Morgan fingerprint density at radius 1 is 1.26 bits per heavy atom. The molecule has 110 valence electrons. The summed E-state index contributed by atoms with van der Waals surface area (Å²) in [4.78, 5) is 22.5. The van der Waals surface area contributed by atoms with Crippen LogP contribution in [0.4, 0.5) is 4.79 Å². The largest absolute Gasteiger partial charge is 0.481 e. The molecule has 1 unspecified atom stereocenters. The van der Waals surface area contributed by atoms with Crippen molar-refractivity contribution >= 4 is 12.0 Å². The van der Waals surface area contributed by atoms with E-state index in [0.717, 1.165) is 32.1 Å². The van der Waals surface area contributed by atoms with Gasteiger partial charge in [0.25, 0.3) is 0 Å². The highest BCUT2D eigenvalue weighted by molar-refractivity contribution is 5.75. The van der Waals surface area contributed by atoms with Crippen molar-refractivity contribution in [2.75, 3.05) is 6.54 Å². The molecule has 0 aliphatic heterocycles. The standard InChI is InChI=1S/C14H26N2O3/c1-3-11(9-12(17)18)10-15-13(19)16-14(2)7-5-4-6-8-14/h11H,3-10H2,1-2H3,(H,17,18)(H2,15,16,19). The molecule has 1 saturated carbocycles. The monoisotopic (exact) mass is 270 g/mol. The molecule has 19 heavy (non-hydrogen) atoms. The summed E-state index contributed by atoms with van der Waals surface area (Å²) < 4.78 is 0. The van der Waals surface area contributed by atoms with Gasteiger partial charge in [-0.3, -0.25) is 4.79 Å². The van der Waals surface area contributed by atoms with Crippen molar-refractivity contribution in [3.05, 3.63) is 0 Å². The Labute approximate surface area is 115 Å². The van der Waals surface area contributed by atoms with Crippen molar-refractivity contribution in [2.45, 2.75) is 64.3 Å². The van der Waals surface area contributed by atoms with Crippen LogP contribution in [0.5, 0.6) is 0 Å². The molecule has 5 heteroatoms. The molecule has 0 radical (unpaired) electrons. The molecule has 0 saturated heterocycles. The molecule has 0 heterocycles. The summed E-state index contributed by atoms with van der Waals surface area (Å²) >= 11 is 0. The summed E-state index contributed by atoms with van der Waals surface area (Å²) in [5.41, 5.74) is -0.100. The minimum Gasteiger partial charge on any atom is -0.481 e. The molecule has 1 fully saturated rings. The van der Waals surface area contributed by atoms with E-state index in [4.69, 9.17) is 5.11 Å². The van der Waals surface area contributed by atoms with Crippen molar-refractivity contribution in [2.24, 2.45) is 5.92 Å². The zero-order chi connectivity index (χ0) is 14.3. The maximum absolute atomic E-state index is 11.9. The molecule has 2 amide bonds. The molecule has 1 aliphatic rings. The van der Waals surface area contributed by atoms with Gasteiger partial charge in [-0.05, 0) is 25.7 Å². The Morgan fingerprint density at radius 2 is 1.89 bits per heavy atom. The number of hydrogen-bond acceptors (Lipinski definition) is 2. The average Bonchev–Trinajstić information content (AvgIpc) is 2.34. The van der Waals surface area contributed by atoms with Crippen molar-refractivity contribution in [3.8, 4) is 0 Å². The number of amides is 2. The minimum absolute atomic E-state index is 0.00223. The Morgan fingerprint density at radius 3 is 2.42 bits per heavy atom. The van der Waals surface area contributed by atoms with Crippen LogP contribution in [0.15, 0.2) is 0 Å². The fourth-order valence-electron chi connectivity index (χ4n) is 2.62. The highest BCUT2D eigenvalue weighted by atomic mass is 16.4. The Balaban J connectivity index is 2.31. The second-order valence-corrected chi connectivity index (χ2v) is 5.83. The van der Waals surface area contributed by atoms with Gasteiger partial charge in [-0.25, -0.2) is 4.79 Å². The first-order valence-electron chi connectivity index (χ1n) is 7.23. The highest BCUT2D eigenvalue weighted by Crippen LogP contribution is 2.27. The topological polar surface area (TPSA) is 78.4 Å². The number of urea groups is 1. The lowest BCUT2D eigenvalue weighted by Gasteiger charge is -2.34. The van der Waals surface area contributed by atoms with Crippen molar-refractivity contribution in [1.82, 2.24) is 10.6 Å². The Kier molecular flexibility index (Phi) is 6.12. The zero-order valence-electron chi connectivity index (χ0n) is 12.0. The van der Waals surface area contributed by atoms with Gasteiger partial charge >= 0.3 is 12.0 Å². The lowest BCUT2D eigenvalue weighted by Crippen LogP contribution is -2.51. The Hall–Kier alpha value is -1.26. The second kappa shape index (κ2) is 7.36. The number of rotatable bonds is 6. The van der Waals surface area contributed by atoms with Crippen LogP contribution >= 0.6 is 0 Å². The molecular weight excluding hydrogens is 244 g/mol. The van der Waals surface area contributed by atoms with E-state index in [1.165, 1.54) is 6.42 Å². The predicted octanol–water partition coefficient (Wildman–Crippen LogP) is 2.51. The van der Waals surface area contributed by atoms with Gasteiger partial charge in [0.1, 0.15) is 0 Å². The predicted molar refractivity (Wildman–Crippen MR) is 74.1 cm³/mol. The second-order valence-electron chi connectivity index (χ2n) is 5.83. The number of carboxylic acid groups (broad SMARTS) is 1. The molecule has 0 aromatic rings. The van der Waals surface area contributed by atoms with Crippen LogP contribution in [-0.2, 0) is 4.79 Å². The van der Waals surface area contributed by atoms with Gasteiger partial charge in [-0.15, -0.1) is 0 Å². The van der Waals surface area contributed by atoms with Crippen molar-refractivity contribution in [3.63, 3.8) is 0 Å². The van der Waals surface area contributed by atoms with Gasteiger partial charge in [-0.2, -0.15) is 0 Å². The minimum atomic E-state index is -0.812. The number of carbonyl (C=O) groups is 2. The van der Waals surface area contributed by atoms with E-state index in [1.54, 1.807) is 0 Å². The summed E-state index contributed by atoms with van der Waals surface area (Å²) in [5.74, 6) is -0.810. The lowest BCUT2D eigenvalue weighted by atomic mass is 9.83. The van der Waals surface area contributed by atoms with E-state index in [-0.39, 0.29) is 23.9 Å². The number of nitrogens with one attached hydrogen (secondary N) is 2. The van der Waals surface area contributed by atoms with Crippen LogP contribution in [0.1, 0.15) is 58.8 Å². The van der Waals surface area contributed by atoms with Gasteiger partial charge in [0.05, 0.1) is 0 Å². The molecule has 0 spiro atoms. The summed E-state index contributed by atoms with van der Waals surface area (Å²) in [6.07, 6.45) is 6.47. The van der Waals surface area contributed by atoms with Crippen LogP contribution < -0.4 is 10.6 Å². The highest BCUT2D eigenvalue weighted by Gasteiger charge is 2.28. The first kappa shape index (κ1) is 15.8. The maximum Gasteiger partial charge on any atom is 0.315 e. The van der Waals surface area contributed by atoms with Crippen LogP contribution in [0.2, 0.25) is 0 Å². The summed E-state index contributed by atoms with van der Waals surface area (Å²) in [7, 11) is 0. The van der Waals surface area contributed by atoms with E-state index in [0.29, 0.717) is 6.54 Å². The number of carbonyl (C=O) groups excluding carboxylic acids is 1. The fraction of sp³-hybridized carbons (Fsp3) is 0.857. The van der Waals surface area contributed by atoms with Crippen molar-refractivity contribution < 1.29 is 14.7 Å². The Bertz CT molecular complexity index is 312. The number of hydrogen-bond donors (Lipinski definition) is 3. The lowest BCUT2D eigenvalue weighted by molar-refractivity contribution is -0.138. The van der Waals surface area contributed by atoms with Crippen LogP contribution in [0.3, 0.4) is 0 Å². The number of carboxylic acids is 1. The van der Waals surface area contributed by atoms with Gasteiger partial charge in [0.15, 0.2) is 0 Å². The fourth-order valence-corrected chi connectivity index (χ4v) is 2.62. The molecule has 0 bridgehead atoms. The first-order chi connectivity index (χ1) is 8.95. The average molecular weight is 270 g/mol. The molecule has 0 aromatic carbocycles. The molecular formula is C14H26N2O3. The SMILES string of the molecule is CCC(CNC(=O)NC1(C)CCCCC1)CC(=O)O. The van der Waals surface area contributed by atoms with E-state index in [2.05, 4.69) is 17.6 Å². The zero-order valence-corrected chi connectivity index (χ0v) is 12.0. The van der Waals surface area contributed by atoms with Gasteiger partial charge in [-0.1, -0.05) is 32.6 Å². The van der Waals surface area contributed by atoms with E-state index in [9.17, 15) is 9.59 Å². The van der Waals surface area contributed by atoms with Crippen LogP contribution in [-0.4, -0.2) is 29.2 Å². The maximum atomic E-state index is 11.9. The van der Waals surface area contributed by atoms with Gasteiger partial charge in [0.2, 0.25) is 0 Å². The van der Waals surface area contributed by atoms with E-state index < -0.39 is 5.97 Å². The summed E-state index contributed by atoms with van der Waals surface area (Å²) in [5, 5.41) is 14.6. The first-order valence-corrected chi connectivity index (χ1v) is 7.23. The van der Waals surface area contributed by atoms with Gasteiger partial charge < -0.3 is 15.7 Å². The van der Waals surface area contributed by atoms with Crippen LogP contribution in [0, 0.1) is 5.92 Å². The molecule has 1 rings (SSSR count). The summed E-state index contributed by atoms with van der Waals surface area (Å²) in [6, 6.07) is -0.173. The van der Waals surface area contributed by atoms with E-state index in [1.807, 2.05) is 6.92 Å². The summed E-state index contributed by atoms with van der Waals surface area (Å²) in [6.45, 7) is 4.45. The smallest absolute Gasteiger partial charge is 0.315 e. The van der Waals surface area contributed by atoms with Gasteiger partial charge in [0, 0.05) is 18.5 Å². The number of aliphatic carboxylic acids is 1. The third-order valence-electron chi connectivity index (χ3n) is 3.96.